The fraction of sp³-hybridized carbons (Fsp3) is 0.182. The van der Waals surface area contributed by atoms with E-state index < -0.39 is 0 Å². The molecule has 0 atom stereocenters. The van der Waals surface area contributed by atoms with Crippen LogP contribution in [0.1, 0.15) is 0 Å². The highest BCUT2D eigenvalue weighted by Crippen LogP contribution is 2.14. The van der Waals surface area contributed by atoms with Crippen LogP contribution < -0.4 is 10.9 Å². The van der Waals surface area contributed by atoms with Gasteiger partial charge in [0.2, 0.25) is 5.91 Å². The van der Waals surface area contributed by atoms with Gasteiger partial charge in [0.15, 0.2) is 5.76 Å². The van der Waals surface area contributed by atoms with Gasteiger partial charge >= 0.3 is 0 Å². The summed E-state index contributed by atoms with van der Waals surface area (Å²) in [5.41, 5.74) is 0.183. The summed E-state index contributed by atoms with van der Waals surface area (Å²) in [5.74, 6) is 0.270. The van der Waals surface area contributed by atoms with Crippen molar-refractivity contribution in [3.8, 4) is 11.5 Å². The molecular weight excluding hydrogens is 222 g/mol. The molecule has 0 saturated heterocycles. The van der Waals surface area contributed by atoms with E-state index in [-0.39, 0.29) is 18.0 Å². The summed E-state index contributed by atoms with van der Waals surface area (Å²) in [7, 11) is 1.50. The Morgan fingerprint density at radius 1 is 1.47 bits per heavy atom. The number of rotatable bonds is 3. The van der Waals surface area contributed by atoms with Crippen molar-refractivity contribution in [1.29, 1.82) is 0 Å². The largest absolute Gasteiger partial charge is 0.463 e. The molecule has 0 aliphatic heterocycles. The van der Waals surface area contributed by atoms with Crippen LogP contribution in [0.2, 0.25) is 0 Å². The van der Waals surface area contributed by atoms with E-state index in [1.165, 1.54) is 19.4 Å². The highest BCUT2D eigenvalue weighted by molar-refractivity contribution is 5.75. The zero-order valence-corrected chi connectivity index (χ0v) is 9.21. The Hall–Kier alpha value is -2.37. The molecule has 6 nitrogen and oxygen atoms in total. The molecule has 0 radical (unpaired) electrons. The van der Waals surface area contributed by atoms with Crippen molar-refractivity contribution in [3.63, 3.8) is 0 Å². The van der Waals surface area contributed by atoms with Gasteiger partial charge in [0, 0.05) is 13.1 Å². The van der Waals surface area contributed by atoms with E-state index in [4.69, 9.17) is 4.42 Å². The second-order valence-electron chi connectivity index (χ2n) is 3.36. The van der Waals surface area contributed by atoms with Crippen LogP contribution in [0, 0.1) is 0 Å². The van der Waals surface area contributed by atoms with Crippen LogP contribution in [0.15, 0.2) is 39.7 Å². The van der Waals surface area contributed by atoms with Crippen LogP contribution in [-0.4, -0.2) is 22.7 Å². The maximum Gasteiger partial charge on any atom is 0.267 e. The summed E-state index contributed by atoms with van der Waals surface area (Å²) >= 11 is 0. The Bertz CT molecular complexity index is 572. The fourth-order valence-corrected chi connectivity index (χ4v) is 1.33. The van der Waals surface area contributed by atoms with Crippen LogP contribution in [0.4, 0.5) is 0 Å². The minimum atomic E-state index is -0.330. The molecule has 6 heteroatoms. The molecule has 88 valence electrons. The highest BCUT2D eigenvalue weighted by Gasteiger charge is 2.07. The Balaban J connectivity index is 2.36. The topological polar surface area (TPSA) is 77.1 Å². The van der Waals surface area contributed by atoms with Gasteiger partial charge in [-0.2, -0.15) is 5.10 Å². The van der Waals surface area contributed by atoms with Gasteiger partial charge in [0.25, 0.3) is 5.56 Å². The van der Waals surface area contributed by atoms with E-state index in [1.807, 2.05) is 0 Å². The monoisotopic (exact) mass is 233 g/mol. The number of hydrogen-bond acceptors (Lipinski definition) is 4. The van der Waals surface area contributed by atoms with Crippen molar-refractivity contribution in [2.75, 3.05) is 7.05 Å². The minimum Gasteiger partial charge on any atom is -0.463 e. The van der Waals surface area contributed by atoms with Crippen molar-refractivity contribution >= 4 is 5.91 Å². The molecule has 0 unspecified atom stereocenters. The van der Waals surface area contributed by atoms with Crippen LogP contribution in [-0.2, 0) is 11.3 Å². The molecule has 1 N–H and O–H groups in total. The summed E-state index contributed by atoms with van der Waals surface area (Å²) in [6.45, 7) is -0.107. The van der Waals surface area contributed by atoms with Gasteiger partial charge in [-0.3, -0.25) is 9.59 Å². The van der Waals surface area contributed by atoms with Gasteiger partial charge in [-0.15, -0.1) is 0 Å². The highest BCUT2D eigenvalue weighted by atomic mass is 16.3. The number of hydrogen-bond donors (Lipinski definition) is 1. The van der Waals surface area contributed by atoms with Gasteiger partial charge < -0.3 is 9.73 Å². The maximum atomic E-state index is 11.5. The number of carbonyl (C=O) groups excluding carboxylic acids is 1. The predicted molar refractivity (Wildman–Crippen MR) is 60.3 cm³/mol. The lowest BCUT2D eigenvalue weighted by Gasteiger charge is -2.04. The number of nitrogens with zero attached hydrogens (tertiary/aromatic N) is 2. The number of furan rings is 1. The SMILES string of the molecule is CNC(=O)Cn1nc(-c2ccco2)ccc1=O. The minimum absolute atomic E-state index is 0.107. The Morgan fingerprint density at radius 3 is 2.94 bits per heavy atom. The molecule has 0 spiro atoms. The summed E-state index contributed by atoms with van der Waals surface area (Å²) in [4.78, 5) is 22.7. The molecule has 0 fully saturated rings. The van der Waals surface area contributed by atoms with Crippen LogP contribution in [0.25, 0.3) is 11.5 Å². The molecule has 1 amide bonds. The van der Waals surface area contributed by atoms with Gasteiger partial charge in [-0.1, -0.05) is 0 Å². The van der Waals surface area contributed by atoms with Crippen LogP contribution in [0.5, 0.6) is 0 Å². The zero-order chi connectivity index (χ0) is 12.3. The second kappa shape index (κ2) is 4.65. The van der Waals surface area contributed by atoms with E-state index >= 15 is 0 Å². The van der Waals surface area contributed by atoms with E-state index in [0.717, 1.165) is 4.68 Å². The smallest absolute Gasteiger partial charge is 0.267 e. The molecule has 0 saturated carbocycles. The van der Waals surface area contributed by atoms with Gasteiger partial charge in [-0.05, 0) is 18.2 Å². The number of aromatic nitrogens is 2. The summed E-state index contributed by atoms with van der Waals surface area (Å²) in [5, 5.41) is 6.49. The van der Waals surface area contributed by atoms with Crippen molar-refractivity contribution in [3.05, 3.63) is 40.9 Å². The Labute approximate surface area is 96.9 Å². The molecule has 2 heterocycles. The van der Waals surface area contributed by atoms with E-state index in [9.17, 15) is 9.59 Å². The Morgan fingerprint density at radius 2 is 2.29 bits per heavy atom. The third-order valence-electron chi connectivity index (χ3n) is 2.21. The van der Waals surface area contributed by atoms with E-state index in [1.54, 1.807) is 18.2 Å². The zero-order valence-electron chi connectivity index (χ0n) is 9.21. The number of amides is 1. The predicted octanol–water partition coefficient (Wildman–Crippen LogP) is 0.249. The summed E-state index contributed by atoms with van der Waals surface area (Å²) in [6.07, 6.45) is 1.52. The van der Waals surface area contributed by atoms with Gasteiger partial charge in [0.1, 0.15) is 12.2 Å². The fourth-order valence-electron chi connectivity index (χ4n) is 1.33. The molecule has 2 rings (SSSR count). The van der Waals surface area contributed by atoms with Crippen molar-refractivity contribution in [2.24, 2.45) is 0 Å². The third kappa shape index (κ3) is 2.41. The first-order valence-electron chi connectivity index (χ1n) is 5.03. The maximum absolute atomic E-state index is 11.5. The third-order valence-corrected chi connectivity index (χ3v) is 2.21. The lowest BCUT2D eigenvalue weighted by atomic mass is 10.3. The number of likely N-dealkylation sites (N-methyl/N-ethyl adjacent to an activating group) is 1. The van der Waals surface area contributed by atoms with E-state index in [2.05, 4.69) is 10.4 Å². The molecule has 2 aromatic heterocycles. The second-order valence-corrected chi connectivity index (χ2v) is 3.36. The van der Waals surface area contributed by atoms with E-state index in [0.29, 0.717) is 11.5 Å². The molecule has 0 aromatic carbocycles. The quantitative estimate of drug-likeness (QED) is 0.824. The first kappa shape index (κ1) is 11.1. The van der Waals surface area contributed by atoms with Gasteiger partial charge in [0.05, 0.1) is 6.26 Å². The van der Waals surface area contributed by atoms with Crippen molar-refractivity contribution in [1.82, 2.24) is 15.1 Å². The van der Waals surface area contributed by atoms with Crippen LogP contribution in [0.3, 0.4) is 0 Å². The molecule has 0 bridgehead atoms. The standard InChI is InChI=1S/C11H11N3O3/c1-12-10(15)7-14-11(16)5-4-8(13-14)9-3-2-6-17-9/h2-6H,7H2,1H3,(H,12,15). The number of carbonyl (C=O) groups is 1. The van der Waals surface area contributed by atoms with Crippen molar-refractivity contribution in [2.45, 2.75) is 6.54 Å². The summed E-state index contributed by atoms with van der Waals surface area (Å²) in [6, 6.07) is 6.37. The summed E-state index contributed by atoms with van der Waals surface area (Å²) < 4.78 is 6.26. The van der Waals surface area contributed by atoms with Gasteiger partial charge in [-0.25, -0.2) is 4.68 Å². The Kier molecular flexibility index (Phi) is 3.04. The van der Waals surface area contributed by atoms with Crippen molar-refractivity contribution < 1.29 is 9.21 Å². The lowest BCUT2D eigenvalue weighted by Crippen LogP contribution is -2.31. The first-order valence-corrected chi connectivity index (χ1v) is 5.03. The first-order chi connectivity index (χ1) is 8.20. The molecule has 0 aliphatic carbocycles. The average molecular weight is 233 g/mol. The molecule has 2 aromatic rings. The molecule has 0 aliphatic rings. The normalized spacial score (nSPS) is 10.2. The van der Waals surface area contributed by atoms with Crippen LogP contribution >= 0.6 is 0 Å². The number of nitrogens with one attached hydrogen (secondary N) is 1. The lowest BCUT2D eigenvalue weighted by molar-refractivity contribution is -0.121. The molecule has 17 heavy (non-hydrogen) atoms. The molecular formula is C11H11N3O3. The average Bonchev–Trinajstić information content (AvgIpc) is 2.85.